The maximum Gasteiger partial charge on any atom is 0.255 e. The summed E-state index contributed by atoms with van der Waals surface area (Å²) >= 11 is 0. The predicted molar refractivity (Wildman–Crippen MR) is 97.4 cm³/mol. The van der Waals surface area contributed by atoms with E-state index in [0.717, 1.165) is 0 Å². The van der Waals surface area contributed by atoms with Crippen molar-refractivity contribution < 1.29 is 17.9 Å². The minimum Gasteiger partial charge on any atom is -0.373 e. The Morgan fingerprint density at radius 3 is 2.23 bits per heavy atom. The number of amides is 1. The standard InChI is InChI=1S/C18H21N3O4S/c1-13-11-21(12-14(2)25-13)26(23,24)17-5-3-16(4-6-17)20-18(22)15-7-9-19-10-8-15/h3-10,13-14H,11-12H2,1-2H3,(H,20,22). The van der Waals surface area contributed by atoms with Crippen molar-refractivity contribution in [3.8, 4) is 0 Å². The van der Waals surface area contributed by atoms with Gasteiger partial charge in [0.15, 0.2) is 0 Å². The number of morpholine rings is 1. The second kappa shape index (κ2) is 7.53. The third-order valence-corrected chi connectivity index (χ3v) is 5.92. The Morgan fingerprint density at radius 2 is 1.65 bits per heavy atom. The SMILES string of the molecule is CC1CN(S(=O)(=O)c2ccc(NC(=O)c3ccncc3)cc2)CC(C)O1. The molecule has 26 heavy (non-hydrogen) atoms. The first-order valence-corrected chi connectivity index (χ1v) is 9.77. The van der Waals surface area contributed by atoms with Gasteiger partial charge in [-0.1, -0.05) is 0 Å². The van der Waals surface area contributed by atoms with E-state index in [1.165, 1.54) is 28.8 Å². The fourth-order valence-electron chi connectivity index (χ4n) is 2.89. The Bertz CT molecular complexity index is 859. The smallest absolute Gasteiger partial charge is 0.255 e. The molecule has 2 aromatic rings. The fourth-order valence-corrected chi connectivity index (χ4v) is 4.48. The van der Waals surface area contributed by atoms with E-state index in [0.29, 0.717) is 24.3 Å². The number of pyridine rings is 1. The van der Waals surface area contributed by atoms with Crippen molar-refractivity contribution in [1.82, 2.24) is 9.29 Å². The van der Waals surface area contributed by atoms with Crippen LogP contribution in [-0.4, -0.2) is 48.9 Å². The number of aromatic nitrogens is 1. The van der Waals surface area contributed by atoms with Crippen LogP contribution in [0.1, 0.15) is 24.2 Å². The number of nitrogens with one attached hydrogen (secondary N) is 1. The van der Waals surface area contributed by atoms with Gasteiger partial charge in [-0.15, -0.1) is 0 Å². The summed E-state index contributed by atoms with van der Waals surface area (Å²) in [7, 11) is -3.59. The zero-order valence-corrected chi connectivity index (χ0v) is 15.4. The molecule has 1 fully saturated rings. The molecule has 7 nitrogen and oxygen atoms in total. The first-order chi connectivity index (χ1) is 12.4. The van der Waals surface area contributed by atoms with Crippen LogP contribution in [0.3, 0.4) is 0 Å². The van der Waals surface area contributed by atoms with Gasteiger partial charge in [-0.05, 0) is 50.2 Å². The number of sulfonamides is 1. The van der Waals surface area contributed by atoms with Gasteiger partial charge in [0.05, 0.1) is 17.1 Å². The average Bonchev–Trinajstić information content (AvgIpc) is 2.62. The van der Waals surface area contributed by atoms with E-state index in [1.807, 2.05) is 13.8 Å². The number of anilines is 1. The molecule has 2 atom stereocenters. The van der Waals surface area contributed by atoms with Gasteiger partial charge < -0.3 is 10.1 Å². The van der Waals surface area contributed by atoms with Crippen molar-refractivity contribution >= 4 is 21.6 Å². The van der Waals surface area contributed by atoms with E-state index < -0.39 is 10.0 Å². The van der Waals surface area contributed by atoms with Crippen molar-refractivity contribution in [3.63, 3.8) is 0 Å². The molecule has 0 bridgehead atoms. The number of carbonyl (C=O) groups is 1. The number of hydrogen-bond acceptors (Lipinski definition) is 5. The number of benzene rings is 1. The van der Waals surface area contributed by atoms with Crippen LogP contribution >= 0.6 is 0 Å². The lowest BCUT2D eigenvalue weighted by molar-refractivity contribution is -0.0440. The lowest BCUT2D eigenvalue weighted by atomic mass is 10.2. The summed E-state index contributed by atoms with van der Waals surface area (Å²) in [6.07, 6.45) is 2.78. The van der Waals surface area contributed by atoms with Gasteiger partial charge in [0.2, 0.25) is 10.0 Å². The molecule has 3 rings (SSSR count). The quantitative estimate of drug-likeness (QED) is 0.884. The first kappa shape index (κ1) is 18.5. The zero-order valence-electron chi connectivity index (χ0n) is 14.6. The second-order valence-corrected chi connectivity index (χ2v) is 8.23. The molecule has 0 aliphatic carbocycles. The van der Waals surface area contributed by atoms with Crippen molar-refractivity contribution in [3.05, 3.63) is 54.4 Å². The molecule has 1 saturated heterocycles. The Morgan fingerprint density at radius 1 is 1.08 bits per heavy atom. The normalized spacial score (nSPS) is 21.3. The van der Waals surface area contributed by atoms with Gasteiger partial charge in [-0.2, -0.15) is 4.31 Å². The molecule has 2 heterocycles. The van der Waals surface area contributed by atoms with E-state index in [4.69, 9.17) is 4.74 Å². The third-order valence-electron chi connectivity index (χ3n) is 4.08. The van der Waals surface area contributed by atoms with Crippen molar-refractivity contribution in [2.75, 3.05) is 18.4 Å². The van der Waals surface area contributed by atoms with Gasteiger partial charge >= 0.3 is 0 Å². The van der Waals surface area contributed by atoms with Crippen molar-refractivity contribution in [1.29, 1.82) is 0 Å². The van der Waals surface area contributed by atoms with E-state index in [1.54, 1.807) is 24.3 Å². The summed E-state index contributed by atoms with van der Waals surface area (Å²) < 4.78 is 32.7. The summed E-state index contributed by atoms with van der Waals surface area (Å²) in [5, 5.41) is 2.74. The van der Waals surface area contributed by atoms with Crippen LogP contribution in [0.2, 0.25) is 0 Å². The van der Waals surface area contributed by atoms with Gasteiger partial charge in [0.25, 0.3) is 5.91 Å². The number of ether oxygens (including phenoxy) is 1. The molecule has 1 amide bonds. The van der Waals surface area contributed by atoms with E-state index in [2.05, 4.69) is 10.3 Å². The van der Waals surface area contributed by atoms with Crippen molar-refractivity contribution in [2.24, 2.45) is 0 Å². The highest BCUT2D eigenvalue weighted by Crippen LogP contribution is 2.22. The van der Waals surface area contributed by atoms with E-state index >= 15 is 0 Å². The summed E-state index contributed by atoms with van der Waals surface area (Å²) in [6.45, 7) is 4.37. The average molecular weight is 375 g/mol. The zero-order chi connectivity index (χ0) is 18.7. The molecule has 2 unspecified atom stereocenters. The minimum atomic E-state index is -3.59. The lowest BCUT2D eigenvalue weighted by Crippen LogP contribution is -2.48. The van der Waals surface area contributed by atoms with Gasteiger partial charge in [0.1, 0.15) is 0 Å². The number of hydrogen-bond donors (Lipinski definition) is 1. The molecule has 0 spiro atoms. The number of rotatable bonds is 4. The predicted octanol–water partition coefficient (Wildman–Crippen LogP) is 2.13. The molecule has 138 valence electrons. The molecule has 0 saturated carbocycles. The van der Waals surface area contributed by atoms with E-state index in [9.17, 15) is 13.2 Å². The van der Waals surface area contributed by atoms with Crippen molar-refractivity contribution in [2.45, 2.75) is 31.0 Å². The van der Waals surface area contributed by atoms with Crippen LogP contribution in [0.5, 0.6) is 0 Å². The number of nitrogens with zero attached hydrogens (tertiary/aromatic N) is 2. The second-order valence-electron chi connectivity index (χ2n) is 6.29. The Hall–Kier alpha value is -2.29. The van der Waals surface area contributed by atoms with Crippen LogP contribution < -0.4 is 5.32 Å². The van der Waals surface area contributed by atoms with Gasteiger partial charge in [-0.25, -0.2) is 8.42 Å². The van der Waals surface area contributed by atoms with Crippen LogP contribution in [0.25, 0.3) is 0 Å². The topological polar surface area (TPSA) is 88.6 Å². The highest BCUT2D eigenvalue weighted by atomic mass is 32.2. The molecule has 1 aliphatic rings. The molecule has 1 aliphatic heterocycles. The van der Waals surface area contributed by atoms with Crippen LogP contribution in [0.4, 0.5) is 5.69 Å². The molecule has 1 aromatic heterocycles. The van der Waals surface area contributed by atoms with Crippen LogP contribution in [0.15, 0.2) is 53.7 Å². The molecule has 8 heteroatoms. The highest BCUT2D eigenvalue weighted by molar-refractivity contribution is 7.89. The van der Waals surface area contributed by atoms with Gasteiger partial charge in [0, 0.05) is 36.7 Å². The summed E-state index contributed by atoms with van der Waals surface area (Å²) in [6, 6.07) is 9.38. The van der Waals surface area contributed by atoms with E-state index in [-0.39, 0.29) is 23.0 Å². The Balaban J connectivity index is 1.73. The largest absolute Gasteiger partial charge is 0.373 e. The summed E-state index contributed by atoms with van der Waals surface area (Å²) in [4.78, 5) is 16.2. The molecular weight excluding hydrogens is 354 g/mol. The molecule has 1 N–H and O–H groups in total. The highest BCUT2D eigenvalue weighted by Gasteiger charge is 2.32. The third kappa shape index (κ3) is 4.09. The van der Waals surface area contributed by atoms with Crippen LogP contribution in [0, 0.1) is 0 Å². The summed E-state index contributed by atoms with van der Waals surface area (Å²) in [5.41, 5.74) is 1.00. The Kier molecular flexibility index (Phi) is 5.36. The molecule has 1 aromatic carbocycles. The Labute approximate surface area is 153 Å². The number of carbonyl (C=O) groups excluding carboxylic acids is 1. The maximum atomic E-state index is 12.8. The molecular formula is C18H21N3O4S. The lowest BCUT2D eigenvalue weighted by Gasteiger charge is -2.34. The van der Waals surface area contributed by atoms with Crippen LogP contribution in [-0.2, 0) is 14.8 Å². The monoisotopic (exact) mass is 375 g/mol. The maximum absolute atomic E-state index is 12.8. The first-order valence-electron chi connectivity index (χ1n) is 8.33. The fraction of sp³-hybridized carbons (Fsp3) is 0.333. The minimum absolute atomic E-state index is 0.146. The molecule has 0 radical (unpaired) electrons. The van der Waals surface area contributed by atoms with Gasteiger partial charge in [-0.3, -0.25) is 9.78 Å². The summed E-state index contributed by atoms with van der Waals surface area (Å²) in [5.74, 6) is -0.279.